The minimum Gasteiger partial charge on any atom is -0.368 e. The molecule has 0 radical (unpaired) electrons. The molecule has 0 saturated carbocycles. The molecule has 28 heavy (non-hydrogen) atoms. The van der Waals surface area contributed by atoms with Gasteiger partial charge in [0.25, 0.3) is 0 Å². The van der Waals surface area contributed by atoms with Gasteiger partial charge in [-0.1, -0.05) is 30.3 Å². The van der Waals surface area contributed by atoms with Crippen molar-refractivity contribution in [1.82, 2.24) is 10.2 Å². The summed E-state index contributed by atoms with van der Waals surface area (Å²) >= 11 is 0. The topological polar surface area (TPSA) is 55.9 Å². The van der Waals surface area contributed by atoms with Crippen molar-refractivity contribution < 1.29 is 9.59 Å². The van der Waals surface area contributed by atoms with E-state index in [1.165, 1.54) is 5.69 Å². The fourth-order valence-electron chi connectivity index (χ4n) is 3.81. The molecule has 0 unspecified atom stereocenters. The first kappa shape index (κ1) is 18.3. The lowest BCUT2D eigenvalue weighted by Crippen LogP contribution is -2.51. The maximum Gasteiger partial charge on any atom is 0.317 e. The lowest BCUT2D eigenvalue weighted by Gasteiger charge is -2.36. The van der Waals surface area contributed by atoms with Crippen molar-refractivity contribution in [2.75, 3.05) is 42.5 Å². The Balaban J connectivity index is 1.25. The van der Waals surface area contributed by atoms with E-state index in [1.54, 1.807) is 0 Å². The van der Waals surface area contributed by atoms with Crippen molar-refractivity contribution in [3.8, 4) is 0 Å². The third-order valence-electron chi connectivity index (χ3n) is 5.45. The number of rotatable bonds is 4. The van der Waals surface area contributed by atoms with Crippen LogP contribution in [0.1, 0.15) is 18.4 Å². The molecule has 4 rings (SSSR count). The summed E-state index contributed by atoms with van der Waals surface area (Å²) in [5, 5.41) is 3.01. The molecule has 0 spiro atoms. The molecule has 0 aromatic heterocycles. The van der Waals surface area contributed by atoms with Crippen LogP contribution in [0.4, 0.5) is 16.2 Å². The van der Waals surface area contributed by atoms with Crippen LogP contribution in [0.2, 0.25) is 0 Å². The number of carbonyl (C=O) groups is 2. The molecule has 6 nitrogen and oxygen atoms in total. The number of hydrogen-bond donors (Lipinski definition) is 1. The second-order valence-corrected chi connectivity index (χ2v) is 7.28. The fourth-order valence-corrected chi connectivity index (χ4v) is 3.81. The summed E-state index contributed by atoms with van der Waals surface area (Å²) in [6.45, 7) is 4.41. The summed E-state index contributed by atoms with van der Waals surface area (Å²) in [4.78, 5) is 30.3. The second-order valence-electron chi connectivity index (χ2n) is 7.28. The molecule has 146 valence electrons. The SMILES string of the molecule is O=C(NCc1ccc(N2CCCC2=O)cc1)N1CCN(c2ccccc2)CC1. The van der Waals surface area contributed by atoms with Gasteiger partial charge in [0, 0.05) is 57.1 Å². The number of hydrogen-bond acceptors (Lipinski definition) is 3. The first-order valence-corrected chi connectivity index (χ1v) is 9.93. The zero-order valence-electron chi connectivity index (χ0n) is 16.0. The molecule has 2 aliphatic rings. The highest BCUT2D eigenvalue weighted by atomic mass is 16.2. The van der Waals surface area contributed by atoms with E-state index in [0.29, 0.717) is 13.0 Å². The van der Waals surface area contributed by atoms with Gasteiger partial charge in [-0.15, -0.1) is 0 Å². The molecule has 2 fully saturated rings. The number of para-hydroxylation sites is 1. The number of benzene rings is 2. The lowest BCUT2D eigenvalue weighted by molar-refractivity contribution is -0.117. The molecule has 2 aromatic carbocycles. The minimum absolute atomic E-state index is 0.0218. The Kier molecular flexibility index (Phi) is 5.46. The summed E-state index contributed by atoms with van der Waals surface area (Å²) < 4.78 is 0. The van der Waals surface area contributed by atoms with Crippen molar-refractivity contribution in [2.45, 2.75) is 19.4 Å². The molecule has 2 aromatic rings. The molecule has 2 heterocycles. The van der Waals surface area contributed by atoms with E-state index < -0.39 is 0 Å². The van der Waals surface area contributed by atoms with E-state index in [2.05, 4.69) is 22.3 Å². The Bertz CT molecular complexity index is 814. The van der Waals surface area contributed by atoms with E-state index in [1.807, 2.05) is 52.3 Å². The molecular formula is C22H26N4O2. The summed E-state index contributed by atoms with van der Waals surface area (Å²) in [5.41, 5.74) is 3.18. The summed E-state index contributed by atoms with van der Waals surface area (Å²) in [7, 11) is 0. The van der Waals surface area contributed by atoms with Crippen LogP contribution >= 0.6 is 0 Å². The van der Waals surface area contributed by atoms with Gasteiger partial charge < -0.3 is 20.0 Å². The Hall–Kier alpha value is -3.02. The Morgan fingerprint density at radius 3 is 2.21 bits per heavy atom. The lowest BCUT2D eigenvalue weighted by atomic mass is 10.2. The predicted molar refractivity (Wildman–Crippen MR) is 110 cm³/mol. The highest BCUT2D eigenvalue weighted by molar-refractivity contribution is 5.95. The van der Waals surface area contributed by atoms with Crippen LogP contribution in [0.25, 0.3) is 0 Å². The molecule has 6 heteroatoms. The van der Waals surface area contributed by atoms with E-state index in [9.17, 15) is 9.59 Å². The number of nitrogens with one attached hydrogen (secondary N) is 1. The van der Waals surface area contributed by atoms with Gasteiger partial charge in [-0.3, -0.25) is 4.79 Å². The average molecular weight is 378 g/mol. The summed E-state index contributed by atoms with van der Waals surface area (Å²) in [5.74, 6) is 0.190. The van der Waals surface area contributed by atoms with Crippen molar-refractivity contribution in [3.63, 3.8) is 0 Å². The molecular weight excluding hydrogens is 352 g/mol. The van der Waals surface area contributed by atoms with Crippen molar-refractivity contribution in [1.29, 1.82) is 0 Å². The number of nitrogens with zero attached hydrogens (tertiary/aromatic N) is 3. The molecule has 0 bridgehead atoms. The van der Waals surface area contributed by atoms with Gasteiger partial charge in [0.1, 0.15) is 0 Å². The predicted octanol–water partition coefficient (Wildman–Crippen LogP) is 2.85. The second kappa shape index (κ2) is 8.33. The van der Waals surface area contributed by atoms with Gasteiger partial charge in [-0.25, -0.2) is 4.79 Å². The van der Waals surface area contributed by atoms with Gasteiger partial charge >= 0.3 is 6.03 Å². The standard InChI is InChI=1S/C22H26N4O2/c27-21-7-4-12-26(21)20-10-8-18(9-11-20)17-23-22(28)25-15-13-24(14-16-25)19-5-2-1-3-6-19/h1-3,5-6,8-11H,4,7,12-17H2,(H,23,28). The molecule has 0 aliphatic carbocycles. The first-order valence-electron chi connectivity index (χ1n) is 9.93. The molecule has 1 N–H and O–H groups in total. The van der Waals surface area contributed by atoms with Crippen molar-refractivity contribution in [2.24, 2.45) is 0 Å². The third kappa shape index (κ3) is 4.11. The Morgan fingerprint density at radius 2 is 1.57 bits per heavy atom. The summed E-state index contributed by atoms with van der Waals surface area (Å²) in [6, 6.07) is 18.2. The monoisotopic (exact) mass is 378 g/mol. The van der Waals surface area contributed by atoms with Gasteiger partial charge in [-0.05, 0) is 36.2 Å². The van der Waals surface area contributed by atoms with E-state index in [-0.39, 0.29) is 11.9 Å². The van der Waals surface area contributed by atoms with Crippen molar-refractivity contribution in [3.05, 3.63) is 60.2 Å². The number of piperazine rings is 1. The smallest absolute Gasteiger partial charge is 0.317 e. The number of carbonyl (C=O) groups excluding carboxylic acids is 2. The van der Waals surface area contributed by atoms with Crippen LogP contribution in [0, 0.1) is 0 Å². The number of amides is 3. The van der Waals surface area contributed by atoms with E-state index in [4.69, 9.17) is 0 Å². The number of anilines is 2. The van der Waals surface area contributed by atoms with Crippen LogP contribution in [0.5, 0.6) is 0 Å². The Labute approximate surface area is 165 Å². The van der Waals surface area contributed by atoms with Crippen LogP contribution in [0.3, 0.4) is 0 Å². The molecule has 0 atom stereocenters. The van der Waals surface area contributed by atoms with Crippen molar-refractivity contribution >= 4 is 23.3 Å². The van der Waals surface area contributed by atoms with E-state index in [0.717, 1.165) is 50.4 Å². The van der Waals surface area contributed by atoms with Crippen LogP contribution < -0.4 is 15.1 Å². The van der Waals surface area contributed by atoms with Gasteiger partial charge in [0.05, 0.1) is 0 Å². The maximum absolute atomic E-state index is 12.5. The van der Waals surface area contributed by atoms with Crippen LogP contribution in [0.15, 0.2) is 54.6 Å². The quantitative estimate of drug-likeness (QED) is 0.890. The molecule has 2 saturated heterocycles. The summed E-state index contributed by atoms with van der Waals surface area (Å²) in [6.07, 6.45) is 1.56. The zero-order chi connectivity index (χ0) is 19.3. The number of urea groups is 1. The average Bonchev–Trinajstić information content (AvgIpc) is 3.19. The first-order chi connectivity index (χ1) is 13.7. The largest absolute Gasteiger partial charge is 0.368 e. The normalized spacial score (nSPS) is 17.1. The van der Waals surface area contributed by atoms with Gasteiger partial charge in [-0.2, -0.15) is 0 Å². The maximum atomic E-state index is 12.5. The Morgan fingerprint density at radius 1 is 0.857 bits per heavy atom. The highest BCUT2D eigenvalue weighted by Crippen LogP contribution is 2.21. The van der Waals surface area contributed by atoms with E-state index >= 15 is 0 Å². The van der Waals surface area contributed by atoms with Crippen LogP contribution in [-0.4, -0.2) is 49.6 Å². The zero-order valence-corrected chi connectivity index (χ0v) is 16.0. The fraction of sp³-hybridized carbons (Fsp3) is 0.364. The molecule has 3 amide bonds. The van der Waals surface area contributed by atoms with Gasteiger partial charge in [0.15, 0.2) is 0 Å². The van der Waals surface area contributed by atoms with Gasteiger partial charge in [0.2, 0.25) is 5.91 Å². The van der Waals surface area contributed by atoms with Crippen LogP contribution in [-0.2, 0) is 11.3 Å². The molecule has 2 aliphatic heterocycles. The highest BCUT2D eigenvalue weighted by Gasteiger charge is 2.22. The minimum atomic E-state index is -0.0218. The third-order valence-corrected chi connectivity index (χ3v) is 5.45.